The van der Waals surface area contributed by atoms with Crippen LogP contribution in [-0.4, -0.2) is 17.1 Å². The van der Waals surface area contributed by atoms with E-state index in [2.05, 4.69) is 53.1 Å². The Balaban J connectivity index is 2.11. The van der Waals surface area contributed by atoms with Crippen LogP contribution in [0.15, 0.2) is 25.6 Å². The number of carboxylic acids is 1. The fourth-order valence-electron chi connectivity index (χ4n) is 2.43. The van der Waals surface area contributed by atoms with Gasteiger partial charge in [0.25, 0.3) is 0 Å². The zero-order valence-electron chi connectivity index (χ0n) is 10.1. The van der Waals surface area contributed by atoms with Crippen molar-refractivity contribution in [3.63, 3.8) is 0 Å². The van der Waals surface area contributed by atoms with E-state index in [1.807, 2.05) is 12.1 Å². The van der Waals surface area contributed by atoms with Crippen LogP contribution < -0.4 is 5.32 Å². The molecule has 0 radical (unpaired) electrons. The van der Waals surface area contributed by atoms with Gasteiger partial charge in [-0.05, 0) is 63.3 Å². The van der Waals surface area contributed by atoms with E-state index in [9.17, 15) is 4.79 Å². The van der Waals surface area contributed by atoms with Gasteiger partial charge in [0.05, 0.1) is 11.6 Å². The van der Waals surface area contributed by atoms with Gasteiger partial charge in [-0.25, -0.2) is 0 Å². The van der Waals surface area contributed by atoms with Crippen molar-refractivity contribution in [3.05, 3.63) is 25.6 Å². The Morgan fingerprint density at radius 1 is 1.21 bits per heavy atom. The molecule has 0 aromatic heterocycles. The number of nitrogens with one attached hydrogen (secondary N) is 1. The standard InChI is InChI=1S/C13H14Br3NO2/c14-8-5-10(15)12(11(16)6-8)17-9-3-1-2-7(4-9)13(18)19/h5-7,9,17H,1-4H2,(H,18,19). The molecular formula is C13H14Br3NO2. The van der Waals surface area contributed by atoms with Crippen molar-refractivity contribution in [2.24, 2.45) is 5.92 Å². The maximum absolute atomic E-state index is 11.1. The van der Waals surface area contributed by atoms with Crippen molar-refractivity contribution < 1.29 is 9.90 Å². The summed E-state index contributed by atoms with van der Waals surface area (Å²) in [6, 6.07) is 4.17. The van der Waals surface area contributed by atoms with Crippen molar-refractivity contribution in [1.29, 1.82) is 0 Å². The van der Waals surface area contributed by atoms with Crippen LogP contribution in [0.4, 0.5) is 5.69 Å². The van der Waals surface area contributed by atoms with Gasteiger partial charge in [0.15, 0.2) is 0 Å². The summed E-state index contributed by atoms with van der Waals surface area (Å²) in [7, 11) is 0. The molecule has 2 rings (SSSR count). The van der Waals surface area contributed by atoms with Gasteiger partial charge in [-0.15, -0.1) is 0 Å². The Morgan fingerprint density at radius 3 is 2.42 bits per heavy atom. The Labute approximate surface area is 137 Å². The van der Waals surface area contributed by atoms with Gasteiger partial charge in [-0.1, -0.05) is 22.4 Å². The molecule has 104 valence electrons. The van der Waals surface area contributed by atoms with E-state index in [0.717, 1.165) is 38.4 Å². The number of aliphatic carboxylic acids is 1. The third-order valence-electron chi connectivity index (χ3n) is 3.38. The first kappa shape index (κ1) is 15.3. The molecular weight excluding hydrogens is 442 g/mol. The highest BCUT2D eigenvalue weighted by molar-refractivity contribution is 9.11. The van der Waals surface area contributed by atoms with E-state index in [1.54, 1.807) is 0 Å². The number of anilines is 1. The summed E-state index contributed by atoms with van der Waals surface area (Å²) in [5.41, 5.74) is 0.985. The van der Waals surface area contributed by atoms with Crippen molar-refractivity contribution in [1.82, 2.24) is 0 Å². The van der Waals surface area contributed by atoms with Gasteiger partial charge < -0.3 is 10.4 Å². The Kier molecular flexibility index (Phi) is 5.31. The lowest BCUT2D eigenvalue weighted by Gasteiger charge is -2.29. The Hall–Kier alpha value is -0.0700. The highest BCUT2D eigenvalue weighted by Gasteiger charge is 2.27. The van der Waals surface area contributed by atoms with Crippen LogP contribution in [0.25, 0.3) is 0 Å². The van der Waals surface area contributed by atoms with Crippen molar-refractivity contribution in [2.75, 3.05) is 5.32 Å². The van der Waals surface area contributed by atoms with Crippen molar-refractivity contribution in [3.8, 4) is 0 Å². The van der Waals surface area contributed by atoms with E-state index < -0.39 is 5.97 Å². The predicted molar refractivity (Wildman–Crippen MR) is 86.5 cm³/mol. The first-order valence-electron chi connectivity index (χ1n) is 6.11. The van der Waals surface area contributed by atoms with E-state index in [0.29, 0.717) is 6.42 Å². The minimum atomic E-state index is -0.680. The quantitative estimate of drug-likeness (QED) is 0.672. The zero-order valence-corrected chi connectivity index (χ0v) is 14.9. The van der Waals surface area contributed by atoms with Gasteiger partial charge in [0.1, 0.15) is 0 Å². The highest BCUT2D eigenvalue weighted by Crippen LogP contribution is 2.36. The molecule has 0 aliphatic heterocycles. The fraction of sp³-hybridized carbons (Fsp3) is 0.462. The molecule has 1 saturated carbocycles. The average Bonchev–Trinajstić information content (AvgIpc) is 2.34. The summed E-state index contributed by atoms with van der Waals surface area (Å²) < 4.78 is 2.92. The van der Waals surface area contributed by atoms with Crippen molar-refractivity contribution >= 4 is 59.4 Å². The number of hydrogen-bond acceptors (Lipinski definition) is 2. The van der Waals surface area contributed by atoms with Crippen LogP contribution >= 0.6 is 47.8 Å². The van der Waals surface area contributed by atoms with E-state index in [4.69, 9.17) is 5.11 Å². The van der Waals surface area contributed by atoms with Crippen LogP contribution in [-0.2, 0) is 4.79 Å². The second kappa shape index (κ2) is 6.59. The smallest absolute Gasteiger partial charge is 0.306 e. The van der Waals surface area contributed by atoms with Gasteiger partial charge in [0, 0.05) is 19.5 Å². The maximum Gasteiger partial charge on any atom is 0.306 e. The lowest BCUT2D eigenvalue weighted by atomic mass is 9.85. The molecule has 6 heteroatoms. The summed E-state index contributed by atoms with van der Waals surface area (Å²) >= 11 is 10.5. The molecule has 2 N–H and O–H groups in total. The SMILES string of the molecule is O=C(O)C1CCCC(Nc2c(Br)cc(Br)cc2Br)C1. The third-order valence-corrected chi connectivity index (χ3v) is 5.09. The number of halogens is 3. The highest BCUT2D eigenvalue weighted by atomic mass is 79.9. The first-order chi connectivity index (χ1) is 8.97. The molecule has 1 aliphatic rings. The average molecular weight is 456 g/mol. The monoisotopic (exact) mass is 453 g/mol. The molecule has 0 spiro atoms. The number of carbonyl (C=O) groups is 1. The van der Waals surface area contributed by atoms with Crippen molar-refractivity contribution in [2.45, 2.75) is 31.7 Å². The summed E-state index contributed by atoms with van der Waals surface area (Å²) in [5, 5.41) is 12.6. The van der Waals surface area contributed by atoms with Crippen LogP contribution in [0, 0.1) is 5.92 Å². The molecule has 2 unspecified atom stereocenters. The lowest BCUT2D eigenvalue weighted by Crippen LogP contribution is -2.31. The molecule has 0 saturated heterocycles. The Morgan fingerprint density at radius 2 is 1.84 bits per heavy atom. The van der Waals surface area contributed by atoms with Gasteiger partial charge >= 0.3 is 5.97 Å². The topological polar surface area (TPSA) is 49.3 Å². The molecule has 0 amide bonds. The number of hydrogen-bond donors (Lipinski definition) is 2. The number of carboxylic acid groups (broad SMARTS) is 1. The number of rotatable bonds is 3. The van der Waals surface area contributed by atoms with E-state index in [-0.39, 0.29) is 12.0 Å². The molecule has 0 heterocycles. The second-order valence-corrected chi connectivity index (χ2v) is 7.41. The van der Waals surface area contributed by atoms with Gasteiger partial charge in [0.2, 0.25) is 0 Å². The molecule has 0 bridgehead atoms. The predicted octanol–water partition coefficient (Wildman–Crippen LogP) is 5.03. The second-order valence-electron chi connectivity index (χ2n) is 4.79. The van der Waals surface area contributed by atoms with Crippen LogP contribution in [0.3, 0.4) is 0 Å². The zero-order chi connectivity index (χ0) is 14.0. The molecule has 1 aromatic carbocycles. The Bertz CT molecular complexity index is 470. The summed E-state index contributed by atoms with van der Waals surface area (Å²) in [6.45, 7) is 0. The summed E-state index contributed by atoms with van der Waals surface area (Å²) in [5.74, 6) is -0.903. The molecule has 2 atom stereocenters. The summed E-state index contributed by atoms with van der Waals surface area (Å²) in [4.78, 5) is 11.1. The van der Waals surface area contributed by atoms with Crippen LogP contribution in [0.2, 0.25) is 0 Å². The number of benzene rings is 1. The van der Waals surface area contributed by atoms with Crippen LogP contribution in [0.1, 0.15) is 25.7 Å². The molecule has 19 heavy (non-hydrogen) atoms. The summed E-state index contributed by atoms with van der Waals surface area (Å²) in [6.07, 6.45) is 3.44. The van der Waals surface area contributed by atoms with E-state index >= 15 is 0 Å². The third kappa shape index (κ3) is 3.95. The normalized spacial score (nSPS) is 23.1. The minimum absolute atomic E-state index is 0.212. The molecule has 3 nitrogen and oxygen atoms in total. The fourth-order valence-corrected chi connectivity index (χ4v) is 4.92. The molecule has 1 aliphatic carbocycles. The van der Waals surface area contributed by atoms with Gasteiger partial charge in [-0.2, -0.15) is 0 Å². The molecule has 1 fully saturated rings. The maximum atomic E-state index is 11.1. The van der Waals surface area contributed by atoms with Gasteiger partial charge in [-0.3, -0.25) is 4.79 Å². The van der Waals surface area contributed by atoms with Crippen LogP contribution in [0.5, 0.6) is 0 Å². The molecule has 1 aromatic rings. The minimum Gasteiger partial charge on any atom is -0.481 e. The van der Waals surface area contributed by atoms with E-state index in [1.165, 1.54) is 0 Å². The lowest BCUT2D eigenvalue weighted by molar-refractivity contribution is -0.142. The largest absolute Gasteiger partial charge is 0.481 e. The first-order valence-corrected chi connectivity index (χ1v) is 8.49.